The van der Waals surface area contributed by atoms with E-state index in [0.29, 0.717) is 37.1 Å². The number of benzene rings is 4. The van der Waals surface area contributed by atoms with Crippen molar-refractivity contribution < 1.29 is 23.8 Å². The molecule has 0 aromatic heterocycles. The summed E-state index contributed by atoms with van der Waals surface area (Å²) in [6.07, 6.45) is 4.50. The van der Waals surface area contributed by atoms with Gasteiger partial charge in [-0.2, -0.15) is 0 Å². The van der Waals surface area contributed by atoms with Gasteiger partial charge in [0.1, 0.15) is 0 Å². The highest BCUT2D eigenvalue weighted by Crippen LogP contribution is 2.51. The number of rotatable bonds is 9. The van der Waals surface area contributed by atoms with Gasteiger partial charge in [-0.1, -0.05) is 73.2 Å². The molecular weight excluding hydrogens is 591 g/mol. The molecule has 1 aliphatic carbocycles. The van der Waals surface area contributed by atoms with Gasteiger partial charge in [0.05, 0.1) is 30.2 Å². The SMILES string of the molecule is CCC1=C2[C@@H](CC/C(=C/c3ccc(O)c(F)c3)c3ccccc3)OC[C@@H]2[C@@H]2C(=O)N(c3ccc(Nc4ccccc4)cc3)C(=O)[C@@H]2C1. The lowest BCUT2D eigenvalue weighted by molar-refractivity contribution is -0.122. The van der Waals surface area contributed by atoms with Gasteiger partial charge in [0.25, 0.3) is 0 Å². The second-order valence-corrected chi connectivity index (χ2v) is 12.5. The zero-order valence-corrected chi connectivity index (χ0v) is 26.2. The first kappa shape index (κ1) is 30.6. The molecule has 7 rings (SSSR count). The van der Waals surface area contributed by atoms with E-state index in [1.54, 1.807) is 6.07 Å². The fourth-order valence-corrected chi connectivity index (χ4v) is 7.50. The van der Waals surface area contributed by atoms with Crippen molar-refractivity contribution in [3.05, 3.63) is 131 Å². The van der Waals surface area contributed by atoms with Gasteiger partial charge in [-0.05, 0) is 96.5 Å². The highest BCUT2D eigenvalue weighted by molar-refractivity contribution is 6.22. The van der Waals surface area contributed by atoms with Crippen molar-refractivity contribution in [2.75, 3.05) is 16.8 Å². The summed E-state index contributed by atoms with van der Waals surface area (Å²) in [7, 11) is 0. The number of allylic oxidation sites excluding steroid dienone is 2. The number of amides is 2. The van der Waals surface area contributed by atoms with Crippen molar-refractivity contribution in [1.29, 1.82) is 0 Å². The van der Waals surface area contributed by atoms with Crippen molar-refractivity contribution in [3.63, 3.8) is 0 Å². The van der Waals surface area contributed by atoms with Crippen LogP contribution in [-0.4, -0.2) is 29.6 Å². The first-order valence-corrected chi connectivity index (χ1v) is 16.3. The predicted octanol–water partition coefficient (Wildman–Crippen LogP) is 8.53. The molecule has 0 spiro atoms. The number of hydrogen-bond donors (Lipinski definition) is 2. The molecule has 2 aliphatic heterocycles. The Balaban J connectivity index is 1.11. The third-order valence-corrected chi connectivity index (χ3v) is 9.76. The summed E-state index contributed by atoms with van der Waals surface area (Å²) in [5, 5.41) is 13.0. The fourth-order valence-electron chi connectivity index (χ4n) is 7.50. The maximum atomic E-state index is 14.2. The Labute approximate surface area is 274 Å². The van der Waals surface area contributed by atoms with Gasteiger partial charge in [-0.15, -0.1) is 0 Å². The van der Waals surface area contributed by atoms with Crippen LogP contribution in [0.5, 0.6) is 5.75 Å². The van der Waals surface area contributed by atoms with Crippen LogP contribution in [-0.2, 0) is 14.3 Å². The minimum absolute atomic E-state index is 0.132. The summed E-state index contributed by atoms with van der Waals surface area (Å²) in [5.74, 6) is -2.28. The number of ether oxygens (including phenoxy) is 1. The van der Waals surface area contributed by atoms with Gasteiger partial charge < -0.3 is 15.2 Å². The molecule has 4 aromatic carbocycles. The Kier molecular flexibility index (Phi) is 8.48. The van der Waals surface area contributed by atoms with E-state index in [1.807, 2.05) is 91.0 Å². The Morgan fingerprint density at radius 3 is 2.32 bits per heavy atom. The number of phenolic OH excluding ortho intramolecular Hbond substituents is 1. The van der Waals surface area contributed by atoms with Crippen LogP contribution < -0.4 is 10.2 Å². The number of carbonyl (C=O) groups is 2. The number of hydrogen-bond acceptors (Lipinski definition) is 5. The Bertz CT molecular complexity index is 1850. The van der Waals surface area contributed by atoms with E-state index in [1.165, 1.54) is 28.2 Å². The number of carbonyl (C=O) groups excluding carboxylic acids is 2. The van der Waals surface area contributed by atoms with Crippen LogP contribution in [0.15, 0.2) is 114 Å². The van der Waals surface area contributed by atoms with E-state index in [0.717, 1.165) is 28.9 Å². The van der Waals surface area contributed by atoms with Gasteiger partial charge in [0.15, 0.2) is 11.6 Å². The molecule has 0 radical (unpaired) electrons. The first-order chi connectivity index (χ1) is 22.9. The molecule has 238 valence electrons. The number of aromatic hydroxyl groups is 1. The molecule has 2 heterocycles. The van der Waals surface area contributed by atoms with E-state index < -0.39 is 11.7 Å². The normalized spacial score (nSPS) is 22.4. The molecule has 2 saturated heterocycles. The molecule has 2 fully saturated rings. The number of halogens is 1. The van der Waals surface area contributed by atoms with Crippen LogP contribution in [0.25, 0.3) is 11.6 Å². The van der Waals surface area contributed by atoms with Crippen molar-refractivity contribution in [3.8, 4) is 5.75 Å². The molecule has 0 saturated carbocycles. The second kappa shape index (κ2) is 13.0. The van der Waals surface area contributed by atoms with Crippen LogP contribution in [0, 0.1) is 23.6 Å². The molecule has 6 nitrogen and oxygen atoms in total. The van der Waals surface area contributed by atoms with Gasteiger partial charge in [-0.25, -0.2) is 4.39 Å². The lowest BCUT2D eigenvalue weighted by Crippen LogP contribution is -2.34. The van der Waals surface area contributed by atoms with Gasteiger partial charge in [0.2, 0.25) is 11.8 Å². The number of para-hydroxylation sites is 1. The van der Waals surface area contributed by atoms with E-state index in [-0.39, 0.29) is 35.5 Å². The van der Waals surface area contributed by atoms with Crippen molar-refractivity contribution in [2.24, 2.45) is 17.8 Å². The number of imide groups is 1. The van der Waals surface area contributed by atoms with E-state index in [9.17, 15) is 19.1 Å². The molecular formula is C40H37FN2O4. The molecule has 3 aliphatic rings. The van der Waals surface area contributed by atoms with Crippen LogP contribution in [0.2, 0.25) is 0 Å². The minimum atomic E-state index is -0.660. The standard InChI is InChI=1S/C40H37FN2O4/c1-2-26-23-32-38(40(46)43(39(32)45)31-17-15-30(16-18-31)42-29-11-7-4-8-12-29)33-24-47-36(37(26)33)20-14-28(27-9-5-3-6-10-27)21-25-13-19-35(44)34(41)22-25/h3-13,15-19,21-22,32-33,36,38,42,44H,2,14,20,23-24H2,1H3/b28-21-/t32-,33+,36-,38-/m1/s1. The van der Waals surface area contributed by atoms with E-state index in [4.69, 9.17) is 4.74 Å². The molecule has 0 unspecified atom stereocenters. The molecule has 2 amide bonds. The number of anilines is 3. The average molecular weight is 629 g/mol. The average Bonchev–Trinajstić information content (AvgIpc) is 3.63. The quantitative estimate of drug-likeness (QED) is 0.110. The number of fused-ring (bicyclic) bond motifs is 3. The smallest absolute Gasteiger partial charge is 0.238 e. The van der Waals surface area contributed by atoms with Gasteiger partial charge in [-0.3, -0.25) is 14.5 Å². The number of nitrogens with one attached hydrogen (secondary N) is 1. The lowest BCUT2D eigenvalue weighted by Gasteiger charge is -2.31. The fraction of sp³-hybridized carbons (Fsp3) is 0.250. The minimum Gasteiger partial charge on any atom is -0.505 e. The van der Waals surface area contributed by atoms with Crippen LogP contribution >= 0.6 is 0 Å². The molecule has 47 heavy (non-hydrogen) atoms. The summed E-state index contributed by atoms with van der Waals surface area (Å²) in [4.78, 5) is 29.2. The Hall–Kier alpha value is -5.01. The summed E-state index contributed by atoms with van der Waals surface area (Å²) < 4.78 is 20.6. The Morgan fingerprint density at radius 1 is 0.915 bits per heavy atom. The van der Waals surface area contributed by atoms with Crippen molar-refractivity contribution in [2.45, 2.75) is 38.7 Å². The molecule has 0 bridgehead atoms. The highest BCUT2D eigenvalue weighted by atomic mass is 19.1. The topological polar surface area (TPSA) is 78.9 Å². The highest BCUT2D eigenvalue weighted by Gasteiger charge is 2.57. The predicted molar refractivity (Wildman–Crippen MR) is 182 cm³/mol. The first-order valence-electron chi connectivity index (χ1n) is 16.3. The zero-order valence-electron chi connectivity index (χ0n) is 26.2. The molecule has 7 heteroatoms. The largest absolute Gasteiger partial charge is 0.505 e. The van der Waals surface area contributed by atoms with Gasteiger partial charge in [0, 0.05) is 17.3 Å². The number of nitrogens with zero attached hydrogens (tertiary/aromatic N) is 1. The maximum Gasteiger partial charge on any atom is 0.238 e. The van der Waals surface area contributed by atoms with Crippen LogP contribution in [0.3, 0.4) is 0 Å². The van der Waals surface area contributed by atoms with E-state index in [2.05, 4.69) is 12.2 Å². The summed E-state index contributed by atoms with van der Waals surface area (Å²) >= 11 is 0. The Morgan fingerprint density at radius 2 is 1.62 bits per heavy atom. The second-order valence-electron chi connectivity index (χ2n) is 12.5. The maximum absolute atomic E-state index is 14.2. The van der Waals surface area contributed by atoms with E-state index >= 15 is 0 Å². The third kappa shape index (κ3) is 5.99. The summed E-state index contributed by atoms with van der Waals surface area (Å²) in [6.45, 7) is 2.52. The number of phenols is 1. The monoisotopic (exact) mass is 628 g/mol. The van der Waals surface area contributed by atoms with Crippen molar-refractivity contribution in [1.82, 2.24) is 0 Å². The lowest BCUT2D eigenvalue weighted by atomic mass is 9.69. The van der Waals surface area contributed by atoms with Crippen LogP contribution in [0.4, 0.5) is 21.5 Å². The van der Waals surface area contributed by atoms with Crippen molar-refractivity contribution >= 4 is 40.5 Å². The third-order valence-electron chi connectivity index (χ3n) is 9.76. The summed E-state index contributed by atoms with van der Waals surface area (Å²) in [6, 6.07) is 31.7. The zero-order chi connectivity index (χ0) is 32.5. The molecule has 4 atom stereocenters. The molecule has 2 N–H and O–H groups in total. The van der Waals surface area contributed by atoms with Gasteiger partial charge >= 0.3 is 0 Å². The summed E-state index contributed by atoms with van der Waals surface area (Å²) in [5.41, 5.74) is 7.54. The van der Waals surface area contributed by atoms with Crippen LogP contribution in [0.1, 0.15) is 43.7 Å². The molecule has 4 aromatic rings.